The predicted octanol–water partition coefficient (Wildman–Crippen LogP) is 2.08. The van der Waals surface area contributed by atoms with Crippen molar-refractivity contribution in [3.8, 4) is 28.7 Å². The zero-order chi connectivity index (χ0) is 20.0. The molecule has 4 heterocycles. The molecule has 0 radical (unpaired) electrons. The van der Waals surface area contributed by atoms with Crippen LogP contribution in [0.15, 0.2) is 23.1 Å². The van der Waals surface area contributed by atoms with Crippen molar-refractivity contribution >= 4 is 11.4 Å². The van der Waals surface area contributed by atoms with Crippen molar-refractivity contribution in [1.82, 2.24) is 29.1 Å². The summed E-state index contributed by atoms with van der Waals surface area (Å²) in [5, 5.41) is 14.7. The summed E-state index contributed by atoms with van der Waals surface area (Å²) in [5.74, 6) is -0.352. The molecule has 144 valence electrons. The van der Waals surface area contributed by atoms with Crippen molar-refractivity contribution in [3.63, 3.8) is 0 Å². The van der Waals surface area contributed by atoms with Crippen molar-refractivity contribution in [2.45, 2.75) is 33.7 Å². The summed E-state index contributed by atoms with van der Waals surface area (Å²) in [7, 11) is 0. The Labute approximate surface area is 159 Å². The van der Waals surface area contributed by atoms with Gasteiger partial charge >= 0.3 is 0 Å². The number of rotatable bonds is 5. The lowest BCUT2D eigenvalue weighted by Gasteiger charge is -2.02. The monoisotopic (exact) mass is 381 g/mol. The second-order valence-electron chi connectivity index (χ2n) is 6.48. The van der Waals surface area contributed by atoms with Crippen LogP contribution in [-0.2, 0) is 6.54 Å². The van der Waals surface area contributed by atoms with Gasteiger partial charge in [0, 0.05) is 12.7 Å². The van der Waals surface area contributed by atoms with E-state index in [1.54, 1.807) is 35.3 Å². The molecule has 3 N–H and O–H groups in total. The molecule has 0 saturated carbocycles. The highest BCUT2D eigenvalue weighted by Gasteiger charge is 2.24. The van der Waals surface area contributed by atoms with E-state index >= 15 is 0 Å². The summed E-state index contributed by atoms with van der Waals surface area (Å²) in [6, 6.07) is 0. The minimum Gasteiger partial charge on any atom is -0.504 e. The Morgan fingerprint density at radius 2 is 2.11 bits per heavy atom. The lowest BCUT2D eigenvalue weighted by molar-refractivity contribution is 0.0990. The van der Waals surface area contributed by atoms with Gasteiger partial charge in [0.05, 0.1) is 17.4 Å². The first-order valence-electron chi connectivity index (χ1n) is 8.77. The molecule has 4 aromatic rings. The van der Waals surface area contributed by atoms with E-state index in [4.69, 9.17) is 10.2 Å². The van der Waals surface area contributed by atoms with Crippen molar-refractivity contribution < 1.29 is 14.3 Å². The standard InChI is InChI=1S/C18H19N7O3/c1-4-5-25-14(15(26)10(3)23-25)18-21-11(8-28-18)13-12-6-20-9(2)7-24(12)17(22-13)16(19)27/h6-8,26H,4-5H2,1-3H3,(H2,19,27). The molecule has 0 saturated heterocycles. The number of amides is 1. The Bertz CT molecular complexity index is 1200. The zero-order valence-electron chi connectivity index (χ0n) is 15.7. The van der Waals surface area contributed by atoms with Crippen LogP contribution in [0.3, 0.4) is 0 Å². The molecule has 0 aliphatic rings. The summed E-state index contributed by atoms with van der Waals surface area (Å²) in [6.07, 6.45) is 5.53. The molecule has 0 spiro atoms. The molecule has 0 bridgehead atoms. The van der Waals surface area contributed by atoms with E-state index in [0.717, 1.165) is 6.42 Å². The lowest BCUT2D eigenvalue weighted by Crippen LogP contribution is -2.15. The number of hydrogen-bond acceptors (Lipinski definition) is 7. The molecule has 0 aliphatic carbocycles. The maximum atomic E-state index is 11.8. The second-order valence-corrected chi connectivity index (χ2v) is 6.48. The number of aromatic hydroxyl groups is 1. The number of primary amides is 1. The van der Waals surface area contributed by atoms with Gasteiger partial charge in [0.2, 0.25) is 11.7 Å². The van der Waals surface area contributed by atoms with Gasteiger partial charge in [-0.3, -0.25) is 18.9 Å². The van der Waals surface area contributed by atoms with Crippen molar-refractivity contribution in [3.05, 3.63) is 35.9 Å². The number of imidazole rings is 1. The van der Waals surface area contributed by atoms with Gasteiger partial charge in [-0.05, 0) is 20.3 Å². The topological polar surface area (TPSA) is 137 Å². The lowest BCUT2D eigenvalue weighted by atomic mass is 10.3. The Balaban J connectivity index is 1.87. The molecule has 4 rings (SSSR count). The maximum absolute atomic E-state index is 11.8. The summed E-state index contributed by atoms with van der Waals surface area (Å²) in [5.41, 5.74) is 8.44. The first-order valence-corrected chi connectivity index (χ1v) is 8.77. The van der Waals surface area contributed by atoms with E-state index in [-0.39, 0.29) is 17.5 Å². The average Bonchev–Trinajstić information content (AvgIpc) is 3.32. The highest BCUT2D eigenvalue weighted by atomic mass is 16.3. The van der Waals surface area contributed by atoms with Gasteiger partial charge in [0.25, 0.3) is 5.91 Å². The molecule has 4 aromatic heterocycles. The number of aryl methyl sites for hydroxylation is 3. The van der Waals surface area contributed by atoms with Crippen LogP contribution in [0.25, 0.3) is 28.5 Å². The van der Waals surface area contributed by atoms with E-state index < -0.39 is 5.91 Å². The van der Waals surface area contributed by atoms with E-state index in [9.17, 15) is 9.90 Å². The Hall–Kier alpha value is -3.69. The third-order valence-electron chi connectivity index (χ3n) is 4.36. The van der Waals surface area contributed by atoms with Crippen LogP contribution in [-0.4, -0.2) is 40.1 Å². The molecule has 0 atom stereocenters. The number of nitrogens with zero attached hydrogens (tertiary/aromatic N) is 6. The Morgan fingerprint density at radius 3 is 2.82 bits per heavy atom. The fourth-order valence-electron chi connectivity index (χ4n) is 3.09. The molecule has 28 heavy (non-hydrogen) atoms. The quantitative estimate of drug-likeness (QED) is 0.540. The molecule has 10 nitrogen and oxygen atoms in total. The van der Waals surface area contributed by atoms with Crippen LogP contribution in [0.4, 0.5) is 0 Å². The number of nitrogens with two attached hydrogens (primary N) is 1. The Kier molecular flexibility index (Phi) is 4.10. The van der Waals surface area contributed by atoms with Gasteiger partial charge in [0.1, 0.15) is 23.3 Å². The number of hydrogen-bond donors (Lipinski definition) is 2. The van der Waals surface area contributed by atoms with Gasteiger partial charge in [-0.15, -0.1) is 0 Å². The highest BCUT2D eigenvalue weighted by Crippen LogP contribution is 2.34. The summed E-state index contributed by atoms with van der Waals surface area (Å²) >= 11 is 0. The van der Waals surface area contributed by atoms with Crippen molar-refractivity contribution in [1.29, 1.82) is 0 Å². The number of oxazole rings is 1. The van der Waals surface area contributed by atoms with Crippen LogP contribution in [0.2, 0.25) is 0 Å². The van der Waals surface area contributed by atoms with Gasteiger partial charge in [-0.25, -0.2) is 9.97 Å². The molecule has 0 fully saturated rings. The van der Waals surface area contributed by atoms with Crippen LogP contribution >= 0.6 is 0 Å². The fraction of sp³-hybridized carbons (Fsp3) is 0.278. The van der Waals surface area contributed by atoms with Gasteiger partial charge in [-0.1, -0.05) is 6.92 Å². The third-order valence-corrected chi connectivity index (χ3v) is 4.36. The van der Waals surface area contributed by atoms with Crippen LogP contribution in [0.5, 0.6) is 5.75 Å². The molecule has 10 heteroatoms. The van der Waals surface area contributed by atoms with Crippen molar-refractivity contribution in [2.24, 2.45) is 5.73 Å². The van der Waals surface area contributed by atoms with Crippen LogP contribution < -0.4 is 5.73 Å². The molecule has 0 aliphatic heterocycles. The van der Waals surface area contributed by atoms with E-state index in [1.165, 1.54) is 6.26 Å². The van der Waals surface area contributed by atoms with E-state index in [0.29, 0.717) is 40.5 Å². The summed E-state index contributed by atoms with van der Waals surface area (Å²) < 4.78 is 8.85. The minimum atomic E-state index is -0.662. The van der Waals surface area contributed by atoms with Crippen molar-refractivity contribution in [2.75, 3.05) is 0 Å². The van der Waals surface area contributed by atoms with E-state index in [2.05, 4.69) is 20.1 Å². The molecular formula is C18H19N7O3. The first kappa shape index (κ1) is 17.7. The predicted molar refractivity (Wildman–Crippen MR) is 99.7 cm³/mol. The SMILES string of the molecule is CCCn1nc(C)c(O)c1-c1nc(-c2nc(C(N)=O)n3cc(C)ncc23)co1. The average molecular weight is 381 g/mol. The number of fused-ring (bicyclic) bond motifs is 1. The smallest absolute Gasteiger partial charge is 0.285 e. The number of aromatic nitrogens is 6. The normalized spacial score (nSPS) is 11.4. The van der Waals surface area contributed by atoms with Gasteiger partial charge in [0.15, 0.2) is 11.4 Å². The summed E-state index contributed by atoms with van der Waals surface area (Å²) in [4.78, 5) is 24.9. The molecule has 0 aromatic carbocycles. The Morgan fingerprint density at radius 1 is 1.32 bits per heavy atom. The van der Waals surface area contributed by atoms with Gasteiger partial charge in [-0.2, -0.15) is 5.10 Å². The van der Waals surface area contributed by atoms with Gasteiger partial charge < -0.3 is 15.3 Å². The minimum absolute atomic E-state index is 0.0201. The van der Waals surface area contributed by atoms with Crippen LogP contribution in [0.1, 0.15) is 35.4 Å². The van der Waals surface area contributed by atoms with Crippen LogP contribution in [0, 0.1) is 13.8 Å². The second kappa shape index (κ2) is 6.48. The zero-order valence-corrected chi connectivity index (χ0v) is 15.7. The third kappa shape index (κ3) is 2.70. The highest BCUT2D eigenvalue weighted by molar-refractivity contribution is 5.93. The number of carbonyl (C=O) groups excluding carboxylic acids is 1. The number of carbonyl (C=O) groups is 1. The molecular weight excluding hydrogens is 362 g/mol. The fourth-order valence-corrected chi connectivity index (χ4v) is 3.09. The maximum Gasteiger partial charge on any atom is 0.285 e. The first-order chi connectivity index (χ1) is 13.4. The molecule has 0 unspecified atom stereocenters. The largest absolute Gasteiger partial charge is 0.504 e. The van der Waals surface area contributed by atoms with E-state index in [1.807, 2.05) is 6.92 Å². The molecule has 1 amide bonds. The summed E-state index contributed by atoms with van der Waals surface area (Å²) in [6.45, 7) is 6.14.